The number of halogens is 1. The van der Waals surface area contributed by atoms with Crippen LogP contribution in [0.15, 0.2) is 71.7 Å². The first-order valence-electron chi connectivity index (χ1n) is 10.2. The van der Waals surface area contributed by atoms with E-state index < -0.39 is 0 Å². The molecule has 0 fully saturated rings. The summed E-state index contributed by atoms with van der Waals surface area (Å²) >= 11 is 6.24. The van der Waals surface area contributed by atoms with Gasteiger partial charge >= 0.3 is 0 Å². The molecule has 0 aliphatic heterocycles. The lowest BCUT2D eigenvalue weighted by Gasteiger charge is -2.11. The van der Waals surface area contributed by atoms with Gasteiger partial charge in [-0.1, -0.05) is 41.9 Å². The van der Waals surface area contributed by atoms with Crippen LogP contribution in [0, 0.1) is 0 Å². The molecule has 166 valence electrons. The summed E-state index contributed by atoms with van der Waals surface area (Å²) in [6.07, 6.45) is 4.88. The molecule has 1 heterocycles. The van der Waals surface area contributed by atoms with Gasteiger partial charge in [0.2, 0.25) is 5.91 Å². The highest BCUT2D eigenvalue weighted by atomic mass is 35.5. The van der Waals surface area contributed by atoms with Crippen molar-refractivity contribution in [1.29, 1.82) is 0 Å². The average Bonchev–Trinajstić information content (AvgIpc) is 2.79. The predicted octanol–water partition coefficient (Wildman–Crippen LogP) is 4.29. The van der Waals surface area contributed by atoms with Crippen molar-refractivity contribution in [2.45, 2.75) is 20.0 Å². The number of amides is 1. The number of pyridine rings is 1. The van der Waals surface area contributed by atoms with Gasteiger partial charge in [-0.2, -0.15) is 0 Å². The van der Waals surface area contributed by atoms with Crippen molar-refractivity contribution in [3.63, 3.8) is 0 Å². The highest BCUT2D eigenvalue weighted by Gasteiger charge is 2.10. The second-order valence-corrected chi connectivity index (χ2v) is 7.41. The van der Waals surface area contributed by atoms with Gasteiger partial charge in [-0.05, 0) is 47.9 Å². The van der Waals surface area contributed by atoms with Crippen LogP contribution in [0.5, 0.6) is 11.5 Å². The Labute approximate surface area is 192 Å². The summed E-state index contributed by atoms with van der Waals surface area (Å²) < 4.78 is 12.5. The van der Waals surface area contributed by atoms with Gasteiger partial charge in [-0.15, -0.1) is 0 Å². The number of nitrogens with zero attached hydrogens (tertiary/aromatic N) is 1. The van der Waals surface area contributed by atoms with E-state index in [0.29, 0.717) is 36.2 Å². The summed E-state index contributed by atoms with van der Waals surface area (Å²) in [5, 5.41) is 3.27. The Morgan fingerprint density at radius 1 is 1.12 bits per heavy atom. The quantitative estimate of drug-likeness (QED) is 0.492. The standard InChI is InChI=1S/C25H25ClN2O4/c1-3-32-22-15-20(14-21(26)25(22)31-2)11-12-23(29)27-16-18-7-9-19(10-8-18)17-28-13-5-4-6-24(28)30/h4-15H,3,16-17H2,1-2H3,(H,27,29)/b12-11+. The van der Waals surface area contributed by atoms with Gasteiger partial charge in [-0.3, -0.25) is 9.59 Å². The number of rotatable bonds is 9. The largest absolute Gasteiger partial charge is 0.491 e. The van der Waals surface area contributed by atoms with Gasteiger partial charge in [0, 0.05) is 24.9 Å². The van der Waals surface area contributed by atoms with Gasteiger partial charge in [0.05, 0.1) is 25.3 Å². The fourth-order valence-electron chi connectivity index (χ4n) is 3.12. The highest BCUT2D eigenvalue weighted by molar-refractivity contribution is 6.32. The molecule has 0 unspecified atom stereocenters. The van der Waals surface area contributed by atoms with E-state index in [-0.39, 0.29) is 11.5 Å². The first-order chi connectivity index (χ1) is 15.5. The Kier molecular flexibility index (Phi) is 8.11. The third-order valence-electron chi connectivity index (χ3n) is 4.70. The third kappa shape index (κ3) is 6.25. The summed E-state index contributed by atoms with van der Waals surface area (Å²) in [6, 6.07) is 16.3. The van der Waals surface area contributed by atoms with Crippen molar-refractivity contribution in [3.05, 3.63) is 98.9 Å². The minimum Gasteiger partial charge on any atom is -0.491 e. The fourth-order valence-corrected chi connectivity index (χ4v) is 3.41. The van der Waals surface area contributed by atoms with Crippen LogP contribution in [-0.2, 0) is 17.9 Å². The summed E-state index contributed by atoms with van der Waals surface area (Å²) in [5.41, 5.74) is 2.66. The number of carbonyl (C=O) groups is 1. The van der Waals surface area contributed by atoms with E-state index in [1.165, 1.54) is 19.3 Å². The molecule has 6 nitrogen and oxygen atoms in total. The molecular weight excluding hydrogens is 428 g/mol. The molecule has 1 amide bonds. The van der Waals surface area contributed by atoms with Crippen LogP contribution in [-0.4, -0.2) is 24.2 Å². The van der Waals surface area contributed by atoms with E-state index in [0.717, 1.165) is 16.7 Å². The third-order valence-corrected chi connectivity index (χ3v) is 4.99. The molecule has 0 atom stereocenters. The summed E-state index contributed by atoms with van der Waals surface area (Å²) in [7, 11) is 1.53. The van der Waals surface area contributed by atoms with E-state index in [1.807, 2.05) is 37.3 Å². The van der Waals surface area contributed by atoms with E-state index in [4.69, 9.17) is 21.1 Å². The van der Waals surface area contributed by atoms with Crippen LogP contribution in [0.3, 0.4) is 0 Å². The number of aromatic nitrogens is 1. The molecule has 7 heteroatoms. The zero-order valence-electron chi connectivity index (χ0n) is 18.0. The molecule has 0 aliphatic carbocycles. The topological polar surface area (TPSA) is 69.6 Å². The van der Waals surface area contributed by atoms with Crippen molar-refractivity contribution < 1.29 is 14.3 Å². The van der Waals surface area contributed by atoms with Gasteiger partial charge in [-0.25, -0.2) is 0 Å². The lowest BCUT2D eigenvalue weighted by Crippen LogP contribution is -2.20. The Hall–Kier alpha value is -3.51. The molecule has 32 heavy (non-hydrogen) atoms. The first-order valence-corrected chi connectivity index (χ1v) is 10.6. The minimum absolute atomic E-state index is 0.0397. The zero-order chi connectivity index (χ0) is 22.9. The number of ether oxygens (including phenoxy) is 2. The first kappa shape index (κ1) is 23.2. The normalized spacial score (nSPS) is 10.8. The number of methoxy groups -OCH3 is 1. The monoisotopic (exact) mass is 452 g/mol. The number of hydrogen-bond donors (Lipinski definition) is 1. The van der Waals surface area contributed by atoms with E-state index >= 15 is 0 Å². The van der Waals surface area contributed by atoms with Crippen LogP contribution >= 0.6 is 11.6 Å². The maximum atomic E-state index is 12.2. The maximum Gasteiger partial charge on any atom is 0.250 e. The molecule has 0 radical (unpaired) electrons. The van der Waals surface area contributed by atoms with Crippen molar-refractivity contribution in [2.24, 2.45) is 0 Å². The molecule has 0 aliphatic rings. The van der Waals surface area contributed by atoms with E-state index in [2.05, 4.69) is 5.32 Å². The predicted molar refractivity (Wildman–Crippen MR) is 126 cm³/mol. The molecule has 1 aromatic heterocycles. The number of hydrogen-bond acceptors (Lipinski definition) is 4. The molecule has 0 saturated heterocycles. The van der Waals surface area contributed by atoms with Gasteiger partial charge in [0.1, 0.15) is 0 Å². The van der Waals surface area contributed by atoms with Gasteiger partial charge in [0.15, 0.2) is 11.5 Å². The van der Waals surface area contributed by atoms with Crippen molar-refractivity contribution >= 4 is 23.6 Å². The Morgan fingerprint density at radius 3 is 2.56 bits per heavy atom. The molecule has 3 aromatic rings. The van der Waals surface area contributed by atoms with Gasteiger partial charge in [0.25, 0.3) is 5.56 Å². The van der Waals surface area contributed by atoms with Crippen LogP contribution in [0.1, 0.15) is 23.6 Å². The van der Waals surface area contributed by atoms with Crippen LogP contribution in [0.2, 0.25) is 5.02 Å². The van der Waals surface area contributed by atoms with Gasteiger partial charge < -0.3 is 19.4 Å². The molecule has 0 spiro atoms. The lowest BCUT2D eigenvalue weighted by atomic mass is 10.1. The number of nitrogens with one attached hydrogen (secondary N) is 1. The van der Waals surface area contributed by atoms with Crippen molar-refractivity contribution in [1.82, 2.24) is 9.88 Å². The molecular formula is C25H25ClN2O4. The second-order valence-electron chi connectivity index (χ2n) is 7.00. The Bertz CT molecular complexity index is 1150. The summed E-state index contributed by atoms with van der Waals surface area (Å²) in [5.74, 6) is 0.769. The molecule has 0 bridgehead atoms. The maximum absolute atomic E-state index is 12.2. The van der Waals surface area contributed by atoms with E-state index in [9.17, 15) is 9.59 Å². The lowest BCUT2D eigenvalue weighted by molar-refractivity contribution is -0.116. The van der Waals surface area contributed by atoms with E-state index in [1.54, 1.807) is 35.0 Å². The molecule has 0 saturated carbocycles. The summed E-state index contributed by atoms with van der Waals surface area (Å²) in [6.45, 7) is 3.24. The van der Waals surface area contributed by atoms with Crippen molar-refractivity contribution in [3.8, 4) is 11.5 Å². The smallest absolute Gasteiger partial charge is 0.250 e. The second kappa shape index (κ2) is 11.2. The minimum atomic E-state index is -0.227. The SMILES string of the molecule is CCOc1cc(/C=C/C(=O)NCc2ccc(Cn3ccccc3=O)cc2)cc(Cl)c1OC. The fraction of sp³-hybridized carbons (Fsp3) is 0.200. The van der Waals surface area contributed by atoms with Crippen LogP contribution in [0.4, 0.5) is 0 Å². The Balaban J connectivity index is 1.57. The van der Waals surface area contributed by atoms with Crippen LogP contribution in [0.25, 0.3) is 6.08 Å². The van der Waals surface area contributed by atoms with Crippen molar-refractivity contribution in [2.75, 3.05) is 13.7 Å². The molecule has 1 N–H and O–H groups in total. The average molecular weight is 453 g/mol. The molecule has 3 rings (SSSR count). The Morgan fingerprint density at radius 2 is 1.88 bits per heavy atom. The highest BCUT2D eigenvalue weighted by Crippen LogP contribution is 2.36. The number of carbonyl (C=O) groups excluding carboxylic acids is 1. The summed E-state index contributed by atoms with van der Waals surface area (Å²) in [4.78, 5) is 24.1. The number of benzene rings is 2. The van der Waals surface area contributed by atoms with Crippen LogP contribution < -0.4 is 20.3 Å². The zero-order valence-corrected chi connectivity index (χ0v) is 18.8. The molecule has 2 aromatic carbocycles.